The molecule has 0 aliphatic carbocycles. The van der Waals surface area contributed by atoms with Gasteiger partial charge in [0.25, 0.3) is 11.7 Å². The van der Waals surface area contributed by atoms with Gasteiger partial charge >= 0.3 is 0 Å². The Labute approximate surface area is 116 Å². The molecular formula is C15H15N3O2. The lowest BCUT2D eigenvalue weighted by atomic mass is 10.1. The molecule has 1 aromatic heterocycles. The molecule has 1 aliphatic heterocycles. The fraction of sp³-hybridized carbons (Fsp3) is 0.267. The summed E-state index contributed by atoms with van der Waals surface area (Å²) >= 11 is 0. The van der Waals surface area contributed by atoms with E-state index in [0.717, 1.165) is 17.7 Å². The van der Waals surface area contributed by atoms with Crippen molar-refractivity contribution in [2.24, 2.45) is 0 Å². The number of imidazole rings is 1. The number of ketones is 1. The van der Waals surface area contributed by atoms with Gasteiger partial charge in [0.2, 0.25) is 0 Å². The van der Waals surface area contributed by atoms with E-state index < -0.39 is 11.7 Å². The van der Waals surface area contributed by atoms with E-state index in [1.54, 1.807) is 17.4 Å². The Balaban J connectivity index is 1.86. The maximum absolute atomic E-state index is 12.1. The zero-order valence-corrected chi connectivity index (χ0v) is 11.2. The molecule has 0 N–H and O–H groups in total. The van der Waals surface area contributed by atoms with Gasteiger partial charge in [-0.15, -0.1) is 0 Å². The smallest absolute Gasteiger partial charge is 0.299 e. The fourth-order valence-corrected chi connectivity index (χ4v) is 2.42. The first-order valence-electron chi connectivity index (χ1n) is 6.65. The summed E-state index contributed by atoms with van der Waals surface area (Å²) in [6.07, 6.45) is 6.08. The van der Waals surface area contributed by atoms with Gasteiger partial charge < -0.3 is 9.47 Å². The average Bonchev–Trinajstić information content (AvgIpc) is 3.06. The molecule has 0 radical (unpaired) electrons. The van der Waals surface area contributed by atoms with E-state index in [0.29, 0.717) is 18.7 Å². The molecule has 0 unspecified atom stereocenters. The zero-order chi connectivity index (χ0) is 14.1. The molecule has 5 heteroatoms. The van der Waals surface area contributed by atoms with Crippen LogP contribution in [-0.2, 0) is 17.8 Å². The number of rotatable bonds is 4. The predicted octanol–water partition coefficient (Wildman–Crippen LogP) is 1.67. The van der Waals surface area contributed by atoms with Crippen LogP contribution in [0.3, 0.4) is 0 Å². The van der Waals surface area contributed by atoms with Gasteiger partial charge in [0.1, 0.15) is 0 Å². The van der Waals surface area contributed by atoms with Crippen molar-refractivity contribution in [2.75, 3.05) is 11.4 Å². The summed E-state index contributed by atoms with van der Waals surface area (Å²) in [5, 5.41) is 0. The molecule has 0 atom stereocenters. The van der Waals surface area contributed by atoms with Crippen LogP contribution in [0.25, 0.3) is 0 Å². The third-order valence-electron chi connectivity index (χ3n) is 3.59. The Morgan fingerprint density at radius 3 is 2.75 bits per heavy atom. The van der Waals surface area contributed by atoms with E-state index in [2.05, 4.69) is 4.98 Å². The number of aromatic nitrogens is 2. The summed E-state index contributed by atoms with van der Waals surface area (Å²) in [6.45, 7) is 3.12. The molecular weight excluding hydrogens is 254 g/mol. The topological polar surface area (TPSA) is 55.2 Å². The Morgan fingerprint density at radius 1 is 1.20 bits per heavy atom. The monoisotopic (exact) mass is 269 g/mol. The first-order valence-corrected chi connectivity index (χ1v) is 6.65. The van der Waals surface area contributed by atoms with Crippen LogP contribution in [0, 0.1) is 0 Å². The number of benzene rings is 1. The van der Waals surface area contributed by atoms with Crippen LogP contribution < -0.4 is 4.90 Å². The molecule has 1 aromatic carbocycles. The highest BCUT2D eigenvalue weighted by Gasteiger charge is 2.35. The molecule has 0 bridgehead atoms. The minimum atomic E-state index is -0.437. The van der Waals surface area contributed by atoms with Crippen LogP contribution in [0.2, 0.25) is 0 Å². The second-order valence-electron chi connectivity index (χ2n) is 4.79. The highest BCUT2D eigenvalue weighted by molar-refractivity contribution is 6.52. The van der Waals surface area contributed by atoms with Crippen LogP contribution in [0.1, 0.15) is 22.8 Å². The highest BCUT2D eigenvalue weighted by atomic mass is 16.2. The van der Waals surface area contributed by atoms with Crippen LogP contribution >= 0.6 is 0 Å². The minimum absolute atomic E-state index is 0.402. The molecule has 1 aliphatic rings. The van der Waals surface area contributed by atoms with Gasteiger partial charge in [-0.1, -0.05) is 13.0 Å². The third kappa shape index (κ3) is 2.01. The lowest BCUT2D eigenvalue weighted by molar-refractivity contribution is -0.114. The van der Waals surface area contributed by atoms with E-state index in [-0.39, 0.29) is 0 Å². The number of fused-ring (bicyclic) bond motifs is 1. The molecule has 5 nitrogen and oxygen atoms in total. The highest BCUT2D eigenvalue weighted by Crippen LogP contribution is 2.29. The van der Waals surface area contributed by atoms with E-state index in [9.17, 15) is 9.59 Å². The van der Waals surface area contributed by atoms with Crippen molar-refractivity contribution in [1.29, 1.82) is 0 Å². The number of nitrogens with zero attached hydrogens (tertiary/aromatic N) is 3. The summed E-state index contributed by atoms with van der Waals surface area (Å²) in [5.74, 6) is -0.839. The van der Waals surface area contributed by atoms with E-state index in [1.165, 1.54) is 0 Å². The maximum atomic E-state index is 12.1. The quantitative estimate of drug-likeness (QED) is 0.793. The Bertz CT molecular complexity index is 662. The van der Waals surface area contributed by atoms with Gasteiger partial charge in [-0.05, 0) is 24.1 Å². The van der Waals surface area contributed by atoms with Crippen molar-refractivity contribution in [3.8, 4) is 0 Å². The molecule has 1 amide bonds. The Kier molecular flexibility index (Phi) is 3.10. The predicted molar refractivity (Wildman–Crippen MR) is 74.7 cm³/mol. The van der Waals surface area contributed by atoms with Crippen molar-refractivity contribution < 1.29 is 9.59 Å². The Morgan fingerprint density at radius 2 is 2.05 bits per heavy atom. The van der Waals surface area contributed by atoms with Crippen LogP contribution in [0.15, 0.2) is 36.9 Å². The second-order valence-corrected chi connectivity index (χ2v) is 4.79. The van der Waals surface area contributed by atoms with Crippen LogP contribution in [0.5, 0.6) is 0 Å². The SMILES string of the molecule is CCc1ccc2c(c1)C(=O)C(=O)N2CCn1ccnc1. The summed E-state index contributed by atoms with van der Waals surface area (Å²) in [7, 11) is 0. The number of amides is 1. The molecule has 0 saturated carbocycles. The van der Waals surface area contributed by atoms with Gasteiger partial charge in [-0.25, -0.2) is 4.98 Å². The first kappa shape index (κ1) is 12.6. The molecule has 0 spiro atoms. The van der Waals surface area contributed by atoms with Crippen molar-refractivity contribution in [3.63, 3.8) is 0 Å². The molecule has 20 heavy (non-hydrogen) atoms. The lowest BCUT2D eigenvalue weighted by Gasteiger charge is -2.16. The standard InChI is InChI=1S/C15H15N3O2/c1-2-11-3-4-13-12(9-11)14(19)15(20)18(13)8-7-17-6-5-16-10-17/h3-6,9-10H,2,7-8H2,1H3. The number of aryl methyl sites for hydroxylation is 1. The van der Waals surface area contributed by atoms with Gasteiger partial charge in [-0.3, -0.25) is 9.59 Å². The maximum Gasteiger partial charge on any atom is 0.299 e. The summed E-state index contributed by atoms with van der Waals surface area (Å²) in [6, 6.07) is 5.66. The number of anilines is 1. The van der Waals surface area contributed by atoms with Gasteiger partial charge in [-0.2, -0.15) is 0 Å². The number of Topliss-reactive ketones (excluding diaryl/α,β-unsaturated/α-hetero) is 1. The van der Waals surface area contributed by atoms with Crippen LogP contribution in [0.4, 0.5) is 5.69 Å². The summed E-state index contributed by atoms with van der Waals surface area (Å²) in [5.41, 5.74) is 2.32. The molecule has 0 fully saturated rings. The van der Waals surface area contributed by atoms with Crippen LogP contribution in [-0.4, -0.2) is 27.8 Å². The number of hydrogen-bond acceptors (Lipinski definition) is 3. The first-order chi connectivity index (χ1) is 9.70. The van der Waals surface area contributed by atoms with Gasteiger partial charge in [0.05, 0.1) is 17.6 Å². The van der Waals surface area contributed by atoms with Crippen molar-refractivity contribution >= 4 is 17.4 Å². The number of carbonyl (C=O) groups excluding carboxylic acids is 2. The van der Waals surface area contributed by atoms with Gasteiger partial charge in [0, 0.05) is 25.5 Å². The lowest BCUT2D eigenvalue weighted by Crippen LogP contribution is -2.32. The molecule has 3 rings (SSSR count). The minimum Gasteiger partial charge on any atom is -0.336 e. The zero-order valence-electron chi connectivity index (χ0n) is 11.2. The molecule has 0 saturated heterocycles. The molecule has 2 heterocycles. The fourth-order valence-electron chi connectivity index (χ4n) is 2.42. The Hall–Kier alpha value is -2.43. The van der Waals surface area contributed by atoms with Gasteiger partial charge in [0.15, 0.2) is 0 Å². The third-order valence-corrected chi connectivity index (χ3v) is 3.59. The van der Waals surface area contributed by atoms with E-state index in [1.807, 2.05) is 35.9 Å². The van der Waals surface area contributed by atoms with E-state index in [4.69, 9.17) is 0 Å². The number of hydrogen-bond donors (Lipinski definition) is 0. The molecule has 102 valence electrons. The van der Waals surface area contributed by atoms with E-state index >= 15 is 0 Å². The van der Waals surface area contributed by atoms with Crippen molar-refractivity contribution in [2.45, 2.75) is 19.9 Å². The summed E-state index contributed by atoms with van der Waals surface area (Å²) < 4.78 is 1.89. The summed E-state index contributed by atoms with van der Waals surface area (Å²) in [4.78, 5) is 29.6. The largest absolute Gasteiger partial charge is 0.336 e. The van der Waals surface area contributed by atoms with Crippen molar-refractivity contribution in [1.82, 2.24) is 9.55 Å². The van der Waals surface area contributed by atoms with Crippen molar-refractivity contribution in [3.05, 3.63) is 48.0 Å². The number of carbonyl (C=O) groups is 2. The average molecular weight is 269 g/mol. The second kappa shape index (κ2) is 4.92. The molecule has 2 aromatic rings. The normalized spacial score (nSPS) is 13.9.